The van der Waals surface area contributed by atoms with E-state index in [1.807, 2.05) is 35.2 Å². The number of hydrogen-bond donors (Lipinski definition) is 1. The highest BCUT2D eigenvalue weighted by Gasteiger charge is 2.43. The summed E-state index contributed by atoms with van der Waals surface area (Å²) in [6.07, 6.45) is 7.43. The highest BCUT2D eigenvalue weighted by Crippen LogP contribution is 2.42. The summed E-state index contributed by atoms with van der Waals surface area (Å²) >= 11 is 0. The van der Waals surface area contributed by atoms with Crippen molar-refractivity contribution in [3.8, 4) is 0 Å². The highest BCUT2D eigenvalue weighted by atomic mass is 16.5. The Morgan fingerprint density at radius 3 is 2.54 bits per heavy atom. The van der Waals surface area contributed by atoms with E-state index >= 15 is 0 Å². The first-order valence-electron chi connectivity index (χ1n) is 10.9. The molecule has 0 bridgehead atoms. The van der Waals surface area contributed by atoms with Crippen LogP contribution in [0.4, 0.5) is 0 Å². The summed E-state index contributed by atoms with van der Waals surface area (Å²) in [4.78, 5) is 17.1. The predicted octanol–water partition coefficient (Wildman–Crippen LogP) is 2.93. The number of benzene rings is 1. The summed E-state index contributed by atoms with van der Waals surface area (Å²) in [5.41, 5.74) is 1.04. The molecule has 0 radical (unpaired) electrons. The molecule has 3 fully saturated rings. The van der Waals surface area contributed by atoms with Crippen molar-refractivity contribution in [3.05, 3.63) is 35.9 Å². The van der Waals surface area contributed by atoms with Gasteiger partial charge in [-0.25, -0.2) is 0 Å². The molecule has 1 aromatic carbocycles. The van der Waals surface area contributed by atoms with E-state index in [9.17, 15) is 9.90 Å². The number of likely N-dealkylation sites (N-methyl/N-ethyl adjacent to an activating group) is 1. The van der Waals surface area contributed by atoms with E-state index in [1.54, 1.807) is 0 Å². The third-order valence-electron chi connectivity index (χ3n) is 7.20. The zero-order valence-electron chi connectivity index (χ0n) is 17.1. The maximum absolute atomic E-state index is 12.7. The Morgan fingerprint density at radius 1 is 1.18 bits per heavy atom. The lowest BCUT2D eigenvalue weighted by atomic mass is 9.76. The minimum Gasteiger partial charge on any atom is -0.393 e. The summed E-state index contributed by atoms with van der Waals surface area (Å²) in [7, 11) is 2.21. The number of nitrogens with zero attached hydrogens (tertiary/aromatic N) is 2. The lowest BCUT2D eigenvalue weighted by Crippen LogP contribution is -2.44. The van der Waals surface area contributed by atoms with Gasteiger partial charge >= 0.3 is 0 Å². The lowest BCUT2D eigenvalue weighted by molar-refractivity contribution is 0.0336. The number of likely N-dealkylation sites (tertiary alicyclic amines) is 1. The smallest absolute Gasteiger partial charge is 0.253 e. The van der Waals surface area contributed by atoms with Crippen molar-refractivity contribution in [2.24, 2.45) is 5.41 Å². The molecule has 1 amide bonds. The molecule has 1 aromatic rings. The minimum atomic E-state index is -0.0977. The van der Waals surface area contributed by atoms with Gasteiger partial charge in [-0.1, -0.05) is 18.2 Å². The number of amides is 1. The van der Waals surface area contributed by atoms with Crippen LogP contribution in [-0.4, -0.2) is 72.4 Å². The van der Waals surface area contributed by atoms with E-state index < -0.39 is 0 Å². The Balaban J connectivity index is 1.26. The van der Waals surface area contributed by atoms with Gasteiger partial charge in [0, 0.05) is 31.2 Å². The number of ether oxygens (including phenoxy) is 1. The number of piperidine rings is 1. The molecule has 2 heterocycles. The van der Waals surface area contributed by atoms with Crippen LogP contribution >= 0.6 is 0 Å². The molecule has 0 aromatic heterocycles. The zero-order valence-corrected chi connectivity index (χ0v) is 17.1. The molecule has 1 saturated carbocycles. The second-order valence-electron chi connectivity index (χ2n) is 9.20. The predicted molar refractivity (Wildman–Crippen MR) is 109 cm³/mol. The fourth-order valence-corrected chi connectivity index (χ4v) is 5.28. The Kier molecular flexibility index (Phi) is 6.04. The van der Waals surface area contributed by atoms with Crippen LogP contribution in [0.25, 0.3) is 0 Å². The van der Waals surface area contributed by atoms with Gasteiger partial charge < -0.3 is 19.6 Å². The van der Waals surface area contributed by atoms with Crippen molar-refractivity contribution < 1.29 is 14.6 Å². The number of hydrogen-bond acceptors (Lipinski definition) is 4. The summed E-state index contributed by atoms with van der Waals surface area (Å²) in [5.74, 6) is 0.158. The van der Waals surface area contributed by atoms with E-state index in [1.165, 1.54) is 0 Å². The van der Waals surface area contributed by atoms with Crippen molar-refractivity contribution >= 4 is 5.91 Å². The molecule has 3 aliphatic rings. The van der Waals surface area contributed by atoms with Gasteiger partial charge in [0.1, 0.15) is 0 Å². The van der Waals surface area contributed by atoms with Crippen molar-refractivity contribution in [3.63, 3.8) is 0 Å². The van der Waals surface area contributed by atoms with Crippen molar-refractivity contribution in [2.75, 3.05) is 33.3 Å². The maximum Gasteiger partial charge on any atom is 0.253 e. The van der Waals surface area contributed by atoms with Crippen LogP contribution in [0.3, 0.4) is 0 Å². The van der Waals surface area contributed by atoms with E-state index in [-0.39, 0.29) is 17.4 Å². The fraction of sp³-hybridized carbons (Fsp3) is 0.696. The number of rotatable bonds is 4. The Bertz CT molecular complexity index is 649. The topological polar surface area (TPSA) is 53.0 Å². The Labute approximate surface area is 168 Å². The van der Waals surface area contributed by atoms with Crippen LogP contribution in [0, 0.1) is 5.41 Å². The average molecular weight is 387 g/mol. The molecule has 0 unspecified atom stereocenters. The number of aliphatic hydroxyl groups is 1. The molecule has 1 spiro atoms. The Hall–Kier alpha value is -1.43. The number of aliphatic hydroxyl groups excluding tert-OH is 1. The first kappa shape index (κ1) is 19.9. The third-order valence-corrected chi connectivity index (χ3v) is 7.20. The summed E-state index contributed by atoms with van der Waals surface area (Å²) in [5, 5.41) is 9.72. The highest BCUT2D eigenvalue weighted by molar-refractivity contribution is 5.94. The van der Waals surface area contributed by atoms with Crippen molar-refractivity contribution in [1.29, 1.82) is 0 Å². The van der Waals surface area contributed by atoms with E-state index in [0.717, 1.165) is 76.8 Å². The van der Waals surface area contributed by atoms with Gasteiger partial charge in [-0.05, 0) is 69.5 Å². The second-order valence-corrected chi connectivity index (χ2v) is 9.20. The molecular weight excluding hydrogens is 352 g/mol. The van der Waals surface area contributed by atoms with Crippen LogP contribution in [0.1, 0.15) is 55.3 Å². The number of carbonyl (C=O) groups is 1. The van der Waals surface area contributed by atoms with E-state index in [0.29, 0.717) is 12.1 Å². The molecule has 1 aliphatic carbocycles. The Morgan fingerprint density at radius 2 is 1.86 bits per heavy atom. The van der Waals surface area contributed by atoms with E-state index in [4.69, 9.17) is 4.74 Å². The third kappa shape index (κ3) is 4.42. The van der Waals surface area contributed by atoms with Crippen LogP contribution in [0.5, 0.6) is 0 Å². The summed E-state index contributed by atoms with van der Waals surface area (Å²) < 4.78 is 6.21. The second kappa shape index (κ2) is 8.52. The molecule has 154 valence electrons. The molecule has 5 nitrogen and oxygen atoms in total. The molecular formula is C23H34N2O3. The average Bonchev–Trinajstić information content (AvgIpc) is 3.11. The van der Waals surface area contributed by atoms with Gasteiger partial charge in [0.2, 0.25) is 0 Å². The molecule has 28 heavy (non-hydrogen) atoms. The van der Waals surface area contributed by atoms with Gasteiger partial charge in [-0.15, -0.1) is 0 Å². The molecule has 2 saturated heterocycles. The molecule has 2 aliphatic heterocycles. The first-order chi connectivity index (χ1) is 13.5. The molecule has 1 N–H and O–H groups in total. The van der Waals surface area contributed by atoms with Crippen molar-refractivity contribution in [2.45, 2.75) is 63.2 Å². The lowest BCUT2D eigenvalue weighted by Gasteiger charge is -2.39. The number of carbonyl (C=O) groups excluding carboxylic acids is 1. The standard InChI is InChI=1S/C23H34N2O3/c1-24(19-7-9-20(26)10-8-19)16-21-15-23(17-28-21)11-13-25(14-12-23)22(27)18-5-3-2-4-6-18/h2-6,19-21,26H,7-17H2,1H3/t19?,20?,21-/m1/s1. The van der Waals surface area contributed by atoms with Gasteiger partial charge in [0.05, 0.1) is 18.8 Å². The van der Waals surface area contributed by atoms with Gasteiger partial charge in [0.15, 0.2) is 0 Å². The van der Waals surface area contributed by atoms with Crippen LogP contribution in [0.15, 0.2) is 30.3 Å². The van der Waals surface area contributed by atoms with Gasteiger partial charge in [0.25, 0.3) is 5.91 Å². The largest absolute Gasteiger partial charge is 0.393 e. The SMILES string of the molecule is CN(C[C@H]1CC2(CCN(C(=O)c3ccccc3)CC2)CO1)C1CCC(O)CC1. The zero-order chi connectivity index (χ0) is 19.6. The normalized spacial score (nSPS) is 30.1. The van der Waals surface area contributed by atoms with Gasteiger partial charge in [-0.2, -0.15) is 0 Å². The minimum absolute atomic E-state index is 0.0977. The quantitative estimate of drug-likeness (QED) is 0.864. The summed E-state index contributed by atoms with van der Waals surface area (Å²) in [6.45, 7) is 3.48. The van der Waals surface area contributed by atoms with E-state index in [2.05, 4.69) is 11.9 Å². The monoisotopic (exact) mass is 386 g/mol. The fourth-order valence-electron chi connectivity index (χ4n) is 5.28. The summed E-state index contributed by atoms with van der Waals surface area (Å²) in [6, 6.07) is 10.2. The molecule has 5 heteroatoms. The first-order valence-corrected chi connectivity index (χ1v) is 10.9. The van der Waals surface area contributed by atoms with Crippen LogP contribution in [0.2, 0.25) is 0 Å². The van der Waals surface area contributed by atoms with Crippen LogP contribution in [-0.2, 0) is 4.74 Å². The maximum atomic E-state index is 12.7. The molecule has 4 rings (SSSR count). The van der Waals surface area contributed by atoms with Crippen molar-refractivity contribution in [1.82, 2.24) is 9.80 Å². The van der Waals surface area contributed by atoms with Crippen LogP contribution < -0.4 is 0 Å². The molecule has 1 atom stereocenters. The van der Waals surface area contributed by atoms with Gasteiger partial charge in [-0.3, -0.25) is 4.79 Å².